The maximum absolute atomic E-state index is 12.0. The number of rotatable bonds is 5. The molecule has 3 aromatic rings. The Morgan fingerprint density at radius 3 is 2.62 bits per heavy atom. The number of thioether (sulfide) groups is 1. The predicted octanol–water partition coefficient (Wildman–Crippen LogP) is 4.58. The van der Waals surface area contributed by atoms with Gasteiger partial charge in [-0.25, -0.2) is 4.98 Å². The van der Waals surface area contributed by atoms with E-state index >= 15 is 0 Å². The number of benzene rings is 1. The van der Waals surface area contributed by atoms with Crippen LogP contribution in [0.4, 0.5) is 5.13 Å². The summed E-state index contributed by atoms with van der Waals surface area (Å²) in [6, 6.07) is 11.8. The van der Waals surface area contributed by atoms with Gasteiger partial charge in [-0.2, -0.15) is 0 Å². The molecule has 0 radical (unpaired) electrons. The van der Waals surface area contributed by atoms with Gasteiger partial charge < -0.3 is 0 Å². The maximum Gasteiger partial charge on any atom is 0.250 e. The van der Waals surface area contributed by atoms with E-state index in [9.17, 15) is 4.79 Å². The molecule has 0 aliphatic heterocycles. The quantitative estimate of drug-likeness (QED) is 0.539. The molecule has 4 nitrogen and oxygen atoms in total. The number of carbonyl (C=O) groups is 1. The number of hydrogen-bond donors (Lipinski definition) is 1. The lowest BCUT2D eigenvalue weighted by molar-refractivity contribution is -0.111. The van der Waals surface area contributed by atoms with Crippen molar-refractivity contribution in [3.63, 3.8) is 0 Å². The van der Waals surface area contributed by atoms with E-state index in [0.29, 0.717) is 5.13 Å². The van der Waals surface area contributed by atoms with Crippen LogP contribution in [0.25, 0.3) is 17.3 Å². The number of amides is 1. The molecule has 3 rings (SSSR count). The minimum Gasteiger partial charge on any atom is -0.298 e. The first-order chi connectivity index (χ1) is 11.7. The van der Waals surface area contributed by atoms with Crippen molar-refractivity contribution >= 4 is 40.2 Å². The van der Waals surface area contributed by atoms with Crippen molar-refractivity contribution < 1.29 is 4.79 Å². The fraction of sp³-hybridized carbons (Fsp3) is 0.0556. The second-order valence-electron chi connectivity index (χ2n) is 4.87. The summed E-state index contributed by atoms with van der Waals surface area (Å²) in [6.45, 7) is 0. The van der Waals surface area contributed by atoms with Gasteiger partial charge in [0, 0.05) is 34.3 Å². The van der Waals surface area contributed by atoms with E-state index in [1.54, 1.807) is 30.2 Å². The van der Waals surface area contributed by atoms with E-state index in [4.69, 9.17) is 0 Å². The van der Waals surface area contributed by atoms with Crippen LogP contribution in [-0.2, 0) is 4.79 Å². The first-order valence-electron chi connectivity index (χ1n) is 7.23. The van der Waals surface area contributed by atoms with Gasteiger partial charge >= 0.3 is 0 Å². The van der Waals surface area contributed by atoms with E-state index in [2.05, 4.69) is 15.3 Å². The van der Waals surface area contributed by atoms with Crippen LogP contribution in [0.5, 0.6) is 0 Å². The normalized spacial score (nSPS) is 10.9. The maximum atomic E-state index is 12.0. The smallest absolute Gasteiger partial charge is 0.250 e. The standard InChI is InChI=1S/C18H15N3OS2/c1-23-15-5-2-13(3-6-15)4-7-17(22)21-18-20-16(12-24-18)14-8-10-19-11-9-14/h2-12H,1H3,(H,20,21,22). The van der Waals surface area contributed by atoms with E-state index < -0.39 is 0 Å². The van der Waals surface area contributed by atoms with Gasteiger partial charge in [0.15, 0.2) is 5.13 Å². The third-order valence-electron chi connectivity index (χ3n) is 3.25. The molecule has 0 spiro atoms. The third-order valence-corrected chi connectivity index (χ3v) is 4.75. The van der Waals surface area contributed by atoms with Gasteiger partial charge in [0.25, 0.3) is 0 Å². The molecule has 1 N–H and O–H groups in total. The summed E-state index contributed by atoms with van der Waals surface area (Å²) >= 11 is 3.09. The largest absolute Gasteiger partial charge is 0.298 e. The number of aromatic nitrogens is 2. The zero-order chi connectivity index (χ0) is 16.8. The second kappa shape index (κ2) is 7.90. The van der Waals surface area contributed by atoms with E-state index in [0.717, 1.165) is 16.8 Å². The highest BCUT2D eigenvalue weighted by atomic mass is 32.2. The predicted molar refractivity (Wildman–Crippen MR) is 101 cm³/mol. The monoisotopic (exact) mass is 353 g/mol. The van der Waals surface area contributed by atoms with Crippen LogP contribution in [0.15, 0.2) is 65.1 Å². The van der Waals surface area contributed by atoms with Crippen LogP contribution >= 0.6 is 23.1 Å². The van der Waals surface area contributed by atoms with Crippen LogP contribution < -0.4 is 5.32 Å². The Hall–Kier alpha value is -2.44. The molecule has 1 amide bonds. The summed E-state index contributed by atoms with van der Waals surface area (Å²) in [4.78, 5) is 21.6. The average Bonchev–Trinajstić information content (AvgIpc) is 3.09. The Morgan fingerprint density at radius 2 is 1.92 bits per heavy atom. The number of nitrogens with zero attached hydrogens (tertiary/aromatic N) is 2. The van der Waals surface area contributed by atoms with Gasteiger partial charge in [-0.05, 0) is 42.2 Å². The lowest BCUT2D eigenvalue weighted by atomic mass is 10.2. The number of thiazole rings is 1. The summed E-state index contributed by atoms with van der Waals surface area (Å²) in [5.74, 6) is -0.195. The molecule has 0 atom stereocenters. The molecular formula is C18H15N3OS2. The Balaban J connectivity index is 1.62. The topological polar surface area (TPSA) is 54.9 Å². The van der Waals surface area contributed by atoms with Crippen LogP contribution in [0.1, 0.15) is 5.56 Å². The van der Waals surface area contributed by atoms with Crippen molar-refractivity contribution in [2.45, 2.75) is 4.90 Å². The SMILES string of the molecule is CSc1ccc(C=CC(=O)Nc2nc(-c3ccncc3)cs2)cc1. The Labute approximate surface area is 148 Å². The molecule has 0 fully saturated rings. The van der Waals surface area contributed by atoms with Crippen LogP contribution in [-0.4, -0.2) is 22.1 Å². The first-order valence-corrected chi connectivity index (χ1v) is 9.34. The average molecular weight is 353 g/mol. The van der Waals surface area contributed by atoms with Gasteiger partial charge in [-0.1, -0.05) is 12.1 Å². The van der Waals surface area contributed by atoms with E-state index in [-0.39, 0.29) is 5.91 Å². The Morgan fingerprint density at radius 1 is 1.17 bits per heavy atom. The molecule has 1 aromatic carbocycles. The van der Waals surface area contributed by atoms with Crippen molar-refractivity contribution in [1.29, 1.82) is 0 Å². The lowest BCUT2D eigenvalue weighted by Gasteiger charge is -1.98. The molecular weight excluding hydrogens is 338 g/mol. The highest BCUT2D eigenvalue weighted by Gasteiger charge is 2.06. The van der Waals surface area contributed by atoms with Crippen molar-refractivity contribution in [2.24, 2.45) is 0 Å². The molecule has 6 heteroatoms. The zero-order valence-corrected chi connectivity index (χ0v) is 14.6. The molecule has 2 heterocycles. The van der Waals surface area contributed by atoms with Crippen molar-refractivity contribution in [3.8, 4) is 11.3 Å². The lowest BCUT2D eigenvalue weighted by Crippen LogP contribution is -2.07. The molecule has 0 bridgehead atoms. The van der Waals surface area contributed by atoms with Gasteiger partial charge in [0.05, 0.1) is 5.69 Å². The van der Waals surface area contributed by atoms with Crippen molar-refractivity contribution in [2.75, 3.05) is 11.6 Å². The summed E-state index contributed by atoms with van der Waals surface area (Å²) in [5.41, 5.74) is 2.79. The van der Waals surface area contributed by atoms with Gasteiger partial charge in [0.2, 0.25) is 5.91 Å². The Kier molecular flexibility index (Phi) is 5.40. The minimum absolute atomic E-state index is 0.195. The third kappa shape index (κ3) is 4.31. The number of hydrogen-bond acceptors (Lipinski definition) is 5. The molecule has 24 heavy (non-hydrogen) atoms. The highest BCUT2D eigenvalue weighted by Crippen LogP contribution is 2.24. The fourth-order valence-electron chi connectivity index (χ4n) is 2.02. The van der Waals surface area contributed by atoms with Crippen molar-refractivity contribution in [3.05, 3.63) is 65.8 Å². The first kappa shape index (κ1) is 16.4. The second-order valence-corrected chi connectivity index (χ2v) is 6.61. The molecule has 0 unspecified atom stereocenters. The van der Waals surface area contributed by atoms with Crippen molar-refractivity contribution in [1.82, 2.24) is 9.97 Å². The number of carbonyl (C=O) groups excluding carboxylic acids is 1. The van der Waals surface area contributed by atoms with Crippen LogP contribution in [0, 0.1) is 0 Å². The highest BCUT2D eigenvalue weighted by molar-refractivity contribution is 7.98. The van der Waals surface area contributed by atoms with Gasteiger partial charge in [-0.3, -0.25) is 15.1 Å². The molecule has 120 valence electrons. The summed E-state index contributed by atoms with van der Waals surface area (Å²) in [7, 11) is 0. The number of anilines is 1. The molecule has 2 aromatic heterocycles. The van der Waals surface area contributed by atoms with E-state index in [1.807, 2.05) is 48.0 Å². The van der Waals surface area contributed by atoms with Gasteiger partial charge in [0.1, 0.15) is 0 Å². The van der Waals surface area contributed by atoms with Crippen LogP contribution in [0.3, 0.4) is 0 Å². The molecule has 0 saturated heterocycles. The minimum atomic E-state index is -0.195. The summed E-state index contributed by atoms with van der Waals surface area (Å²) in [6.07, 6.45) is 8.78. The fourth-order valence-corrected chi connectivity index (χ4v) is 3.15. The van der Waals surface area contributed by atoms with E-state index in [1.165, 1.54) is 22.3 Å². The summed E-state index contributed by atoms with van der Waals surface area (Å²) in [5, 5.41) is 5.28. The zero-order valence-electron chi connectivity index (χ0n) is 13.0. The summed E-state index contributed by atoms with van der Waals surface area (Å²) < 4.78 is 0. The molecule has 0 saturated carbocycles. The number of nitrogens with one attached hydrogen (secondary N) is 1. The van der Waals surface area contributed by atoms with Crippen LogP contribution in [0.2, 0.25) is 0 Å². The Bertz CT molecular complexity index is 842. The molecule has 0 aliphatic rings. The number of pyridine rings is 1. The molecule has 0 aliphatic carbocycles. The van der Waals surface area contributed by atoms with Gasteiger partial charge in [-0.15, -0.1) is 23.1 Å².